The van der Waals surface area contributed by atoms with Gasteiger partial charge in [-0.1, -0.05) is 18.2 Å². The number of benzene rings is 1. The molecule has 23 heavy (non-hydrogen) atoms. The molecule has 1 aromatic carbocycles. The zero-order valence-electron chi connectivity index (χ0n) is 13.8. The van der Waals surface area contributed by atoms with Crippen LogP contribution in [0.3, 0.4) is 0 Å². The summed E-state index contributed by atoms with van der Waals surface area (Å²) in [5.74, 6) is 0.812. The van der Waals surface area contributed by atoms with Gasteiger partial charge in [0, 0.05) is 0 Å². The topological polar surface area (TPSA) is 37.7 Å². The monoisotopic (exact) mass is 350 g/mol. The predicted molar refractivity (Wildman–Crippen MR) is 102 cm³/mol. The van der Waals surface area contributed by atoms with Gasteiger partial charge in [0.25, 0.3) is 0 Å². The highest BCUT2D eigenvalue weighted by Gasteiger charge is 2.19. The largest absolute Gasteiger partial charge is 0.492 e. The van der Waals surface area contributed by atoms with Gasteiger partial charge in [-0.25, -0.2) is 0 Å². The molecule has 0 aliphatic carbocycles. The molecule has 1 heterocycles. The number of ether oxygens (including phenoxy) is 1. The van der Waals surface area contributed by atoms with Crippen molar-refractivity contribution < 1.29 is 9.64 Å². The summed E-state index contributed by atoms with van der Waals surface area (Å²) in [6, 6.07) is 12.5. The second-order valence-electron chi connectivity index (χ2n) is 5.41. The van der Waals surface area contributed by atoms with Crippen LogP contribution in [0.2, 0.25) is 0 Å². The van der Waals surface area contributed by atoms with Gasteiger partial charge in [0.2, 0.25) is 0 Å². The van der Waals surface area contributed by atoms with Gasteiger partial charge >= 0.3 is 0 Å². The molecule has 0 radical (unpaired) electrons. The molecule has 0 aliphatic heterocycles. The molecule has 0 fully saturated rings. The van der Waals surface area contributed by atoms with Crippen molar-refractivity contribution in [2.24, 2.45) is 0 Å². The molecule has 0 spiro atoms. The van der Waals surface area contributed by atoms with Gasteiger partial charge in [0.05, 0.1) is 37.8 Å². The maximum Gasteiger partial charge on any atom is 0.171 e. The smallest absolute Gasteiger partial charge is 0.171 e. The first-order chi connectivity index (χ1) is 11.1. The second-order valence-corrected chi connectivity index (χ2v) is 6.80. The lowest BCUT2D eigenvalue weighted by atomic mass is 10.2. The molecule has 0 aliphatic rings. The number of hydrogen-bond donors (Lipinski definition) is 3. The van der Waals surface area contributed by atoms with Crippen LogP contribution in [0.5, 0.6) is 5.75 Å². The third kappa shape index (κ3) is 5.20. The van der Waals surface area contributed by atoms with E-state index in [0.717, 1.165) is 18.0 Å². The fourth-order valence-electron chi connectivity index (χ4n) is 2.29. The molecule has 1 aromatic heterocycles. The van der Waals surface area contributed by atoms with E-state index in [4.69, 9.17) is 17.0 Å². The van der Waals surface area contributed by atoms with Crippen LogP contribution in [0.15, 0.2) is 41.8 Å². The highest BCUT2D eigenvalue weighted by Crippen LogP contribution is 2.23. The number of thiophene rings is 1. The summed E-state index contributed by atoms with van der Waals surface area (Å²) >= 11 is 7.21. The lowest BCUT2D eigenvalue weighted by Gasteiger charge is -2.22. The van der Waals surface area contributed by atoms with E-state index in [1.165, 1.54) is 9.78 Å². The minimum Gasteiger partial charge on any atom is -0.492 e. The summed E-state index contributed by atoms with van der Waals surface area (Å²) in [5.41, 5.74) is 0.886. The molecule has 6 heteroatoms. The van der Waals surface area contributed by atoms with Crippen LogP contribution in [0, 0.1) is 0 Å². The molecule has 2 rings (SSSR count). The summed E-state index contributed by atoms with van der Waals surface area (Å²) in [6.45, 7) is 3.38. The lowest BCUT2D eigenvalue weighted by Crippen LogP contribution is -3.06. The molecule has 1 atom stereocenters. The SMILES string of the molecule is CCOc1ccccc1NC(=S)NC[C@H](c1cccs1)[NH+](C)C. The number of rotatable bonds is 7. The number of likely N-dealkylation sites (N-methyl/N-ethyl adjacent to an activating group) is 1. The number of thiocarbonyl (C=S) groups is 1. The van der Waals surface area contributed by atoms with Crippen LogP contribution >= 0.6 is 23.6 Å². The Morgan fingerprint density at radius 3 is 2.70 bits per heavy atom. The Morgan fingerprint density at radius 1 is 1.26 bits per heavy atom. The van der Waals surface area contributed by atoms with Gasteiger partial charge in [-0.2, -0.15) is 0 Å². The lowest BCUT2D eigenvalue weighted by molar-refractivity contribution is -0.890. The van der Waals surface area contributed by atoms with Gasteiger partial charge in [-0.15, -0.1) is 11.3 Å². The number of para-hydroxylation sites is 2. The van der Waals surface area contributed by atoms with E-state index in [1.54, 1.807) is 11.3 Å². The first-order valence-corrected chi connectivity index (χ1v) is 9.00. The summed E-state index contributed by atoms with van der Waals surface area (Å²) in [4.78, 5) is 2.73. The van der Waals surface area contributed by atoms with Crippen molar-refractivity contribution >= 4 is 34.4 Å². The van der Waals surface area contributed by atoms with Gasteiger partial charge in [0.15, 0.2) is 5.11 Å². The third-order valence-corrected chi connectivity index (χ3v) is 4.72. The standard InChI is InChI=1S/C17H23N3OS2/c1-4-21-15-9-6-5-8-13(15)19-17(22)18-12-14(20(2)3)16-10-7-11-23-16/h5-11,14H,4,12H2,1-3H3,(H2,18,19,22)/p+1/t14-/m1/s1. The second kappa shape index (κ2) is 8.86. The average Bonchev–Trinajstić information content (AvgIpc) is 3.03. The van der Waals surface area contributed by atoms with Gasteiger partial charge in [0.1, 0.15) is 11.8 Å². The normalized spacial score (nSPS) is 12.0. The first kappa shape index (κ1) is 17.7. The number of nitrogens with one attached hydrogen (secondary N) is 3. The van der Waals surface area contributed by atoms with Crippen LogP contribution in [0.1, 0.15) is 17.8 Å². The number of quaternary nitrogens is 1. The fraction of sp³-hybridized carbons (Fsp3) is 0.353. The van der Waals surface area contributed by atoms with Gasteiger partial charge in [-0.05, 0) is 42.7 Å². The quantitative estimate of drug-likeness (QED) is 0.670. The van der Waals surface area contributed by atoms with Crippen molar-refractivity contribution in [2.75, 3.05) is 32.6 Å². The summed E-state index contributed by atoms with van der Waals surface area (Å²) in [6.07, 6.45) is 0. The highest BCUT2D eigenvalue weighted by molar-refractivity contribution is 7.80. The predicted octanol–water partition coefficient (Wildman–Crippen LogP) is 2.32. The molecule has 0 bridgehead atoms. The molecule has 3 N–H and O–H groups in total. The van der Waals surface area contributed by atoms with Crippen LogP contribution < -0.4 is 20.3 Å². The molecule has 0 saturated heterocycles. The Bertz CT molecular complexity index is 614. The molecule has 2 aromatic rings. The number of hydrogen-bond acceptors (Lipinski definition) is 3. The van der Waals surface area contributed by atoms with E-state index in [2.05, 4.69) is 42.2 Å². The van der Waals surface area contributed by atoms with E-state index >= 15 is 0 Å². The molecule has 0 saturated carbocycles. The Morgan fingerprint density at radius 2 is 2.04 bits per heavy atom. The zero-order valence-corrected chi connectivity index (χ0v) is 15.4. The Balaban J connectivity index is 1.94. The summed E-state index contributed by atoms with van der Waals surface area (Å²) in [5, 5.41) is 9.27. The van der Waals surface area contributed by atoms with Crippen molar-refractivity contribution in [3.05, 3.63) is 46.7 Å². The van der Waals surface area contributed by atoms with Gasteiger partial charge in [-0.3, -0.25) is 0 Å². The van der Waals surface area contributed by atoms with Crippen molar-refractivity contribution in [3.63, 3.8) is 0 Å². The van der Waals surface area contributed by atoms with Gasteiger partial charge < -0.3 is 20.3 Å². The molecular weight excluding hydrogens is 326 g/mol. The van der Waals surface area contributed by atoms with E-state index in [0.29, 0.717) is 17.8 Å². The number of anilines is 1. The summed E-state index contributed by atoms with van der Waals surface area (Å²) < 4.78 is 5.61. The highest BCUT2D eigenvalue weighted by atomic mass is 32.1. The van der Waals surface area contributed by atoms with E-state index in [1.807, 2.05) is 31.2 Å². The Labute approximate surface area is 147 Å². The van der Waals surface area contributed by atoms with E-state index < -0.39 is 0 Å². The van der Waals surface area contributed by atoms with Crippen molar-refractivity contribution in [2.45, 2.75) is 13.0 Å². The third-order valence-electron chi connectivity index (χ3n) is 3.49. The molecule has 4 nitrogen and oxygen atoms in total. The minimum absolute atomic E-state index is 0.372. The molecule has 0 amide bonds. The summed E-state index contributed by atoms with van der Waals surface area (Å²) in [7, 11) is 4.32. The van der Waals surface area contributed by atoms with Crippen molar-refractivity contribution in [1.82, 2.24) is 5.32 Å². The fourth-order valence-corrected chi connectivity index (χ4v) is 3.44. The van der Waals surface area contributed by atoms with E-state index in [9.17, 15) is 0 Å². The zero-order chi connectivity index (χ0) is 16.7. The molecular formula is C17H24N3OS2+. The van der Waals surface area contributed by atoms with E-state index in [-0.39, 0.29) is 0 Å². The Kier molecular flexibility index (Phi) is 6.83. The average molecular weight is 351 g/mol. The van der Waals surface area contributed by atoms with Crippen LogP contribution in [-0.4, -0.2) is 32.4 Å². The molecule has 0 unspecified atom stereocenters. The Hall–Kier alpha value is -1.63. The van der Waals surface area contributed by atoms with Crippen LogP contribution in [-0.2, 0) is 0 Å². The van der Waals surface area contributed by atoms with Crippen LogP contribution in [0.25, 0.3) is 0 Å². The van der Waals surface area contributed by atoms with Crippen molar-refractivity contribution in [1.29, 1.82) is 0 Å². The minimum atomic E-state index is 0.372. The van der Waals surface area contributed by atoms with Crippen LogP contribution in [0.4, 0.5) is 5.69 Å². The maximum absolute atomic E-state index is 5.61. The first-order valence-electron chi connectivity index (χ1n) is 7.72. The van der Waals surface area contributed by atoms with Crippen molar-refractivity contribution in [3.8, 4) is 5.75 Å². The molecule has 124 valence electrons. The maximum atomic E-state index is 5.61.